The van der Waals surface area contributed by atoms with E-state index in [9.17, 15) is 24.3 Å². The van der Waals surface area contributed by atoms with Crippen LogP contribution >= 0.6 is 0 Å². The minimum atomic E-state index is -1.04. The lowest BCUT2D eigenvalue weighted by molar-refractivity contribution is -0.158. The Morgan fingerprint density at radius 3 is 2.00 bits per heavy atom. The molecule has 4 rings (SSSR count). The predicted octanol–water partition coefficient (Wildman–Crippen LogP) is 3.71. The molecule has 8 heteroatoms. The van der Waals surface area contributed by atoms with Crippen LogP contribution in [0.5, 0.6) is 0 Å². The molecule has 0 aromatic heterocycles. The summed E-state index contributed by atoms with van der Waals surface area (Å²) in [5.41, 5.74) is 1.69. The first-order valence-corrected chi connectivity index (χ1v) is 13.0. The highest BCUT2D eigenvalue weighted by molar-refractivity contribution is 5.92. The van der Waals surface area contributed by atoms with Crippen LogP contribution in [0.2, 0.25) is 0 Å². The third kappa shape index (κ3) is 6.18. The molecule has 1 heterocycles. The van der Waals surface area contributed by atoms with Crippen molar-refractivity contribution < 1.29 is 29.0 Å². The van der Waals surface area contributed by atoms with Gasteiger partial charge in [0, 0.05) is 6.54 Å². The van der Waals surface area contributed by atoms with Gasteiger partial charge in [-0.15, -0.1) is 0 Å². The average molecular weight is 507 g/mol. The molecule has 1 aliphatic heterocycles. The second kappa shape index (κ2) is 12.0. The molecule has 1 saturated carbocycles. The van der Waals surface area contributed by atoms with Gasteiger partial charge in [-0.1, -0.05) is 73.5 Å². The van der Waals surface area contributed by atoms with Crippen molar-refractivity contribution in [2.75, 3.05) is 6.54 Å². The number of amides is 2. The van der Waals surface area contributed by atoms with Crippen LogP contribution in [0.25, 0.3) is 0 Å². The lowest BCUT2D eigenvalue weighted by Crippen LogP contribution is -2.52. The van der Waals surface area contributed by atoms with E-state index in [1.807, 2.05) is 60.7 Å². The third-order valence-corrected chi connectivity index (χ3v) is 7.39. The van der Waals surface area contributed by atoms with Gasteiger partial charge in [0.1, 0.15) is 12.1 Å². The first-order valence-electron chi connectivity index (χ1n) is 13.0. The van der Waals surface area contributed by atoms with Crippen molar-refractivity contribution in [2.24, 2.45) is 11.8 Å². The van der Waals surface area contributed by atoms with E-state index < -0.39 is 47.9 Å². The minimum Gasteiger partial charge on any atom is -0.480 e. The summed E-state index contributed by atoms with van der Waals surface area (Å²) in [6.07, 6.45) is 3.10. The number of carboxylic acid groups (broad SMARTS) is 1. The minimum absolute atomic E-state index is 0.356. The number of rotatable bonds is 8. The third-order valence-electron chi connectivity index (χ3n) is 7.39. The van der Waals surface area contributed by atoms with Crippen LogP contribution < -0.4 is 5.32 Å². The summed E-state index contributed by atoms with van der Waals surface area (Å²) >= 11 is 0. The maximum atomic E-state index is 13.5. The number of carbonyl (C=O) groups is 4. The van der Waals surface area contributed by atoms with E-state index in [-0.39, 0.29) is 5.91 Å². The van der Waals surface area contributed by atoms with Crippen molar-refractivity contribution in [2.45, 2.75) is 63.6 Å². The number of hydrogen-bond donors (Lipinski definition) is 2. The molecule has 0 radical (unpaired) electrons. The summed E-state index contributed by atoms with van der Waals surface area (Å²) in [6, 6.07) is 17.3. The fraction of sp³-hybridized carbons (Fsp3) is 0.448. The summed E-state index contributed by atoms with van der Waals surface area (Å²) < 4.78 is 6.06. The Bertz CT molecular complexity index is 1070. The summed E-state index contributed by atoms with van der Waals surface area (Å²) in [7, 11) is 0. The van der Waals surface area contributed by atoms with Crippen molar-refractivity contribution in [3.05, 3.63) is 71.8 Å². The molecule has 2 amide bonds. The molecule has 2 N–H and O–H groups in total. The number of benzene rings is 2. The van der Waals surface area contributed by atoms with Gasteiger partial charge in [-0.2, -0.15) is 0 Å². The SMILES string of the molecule is C[C@H](NC(=O)C1CCCCC1C(=O)OC(c1ccccc1)c1ccccc1)C(=O)N1CCC[C@H]1C(=O)O. The average Bonchev–Trinajstić information content (AvgIpc) is 3.42. The number of nitrogens with zero attached hydrogens (tertiary/aromatic N) is 1. The number of likely N-dealkylation sites (tertiary alicyclic amines) is 1. The quantitative estimate of drug-likeness (QED) is 0.528. The molecule has 0 bridgehead atoms. The maximum Gasteiger partial charge on any atom is 0.326 e. The first kappa shape index (κ1) is 26.4. The number of aliphatic carboxylic acids is 1. The predicted molar refractivity (Wildman–Crippen MR) is 136 cm³/mol. The van der Waals surface area contributed by atoms with E-state index in [1.54, 1.807) is 6.92 Å². The second-order valence-electron chi connectivity index (χ2n) is 9.89. The molecule has 2 aromatic rings. The Kier molecular flexibility index (Phi) is 8.58. The summed E-state index contributed by atoms with van der Waals surface area (Å²) in [6.45, 7) is 1.92. The van der Waals surface area contributed by atoms with Gasteiger partial charge in [0.25, 0.3) is 0 Å². The zero-order valence-electron chi connectivity index (χ0n) is 21.0. The number of nitrogens with one attached hydrogen (secondary N) is 1. The molecule has 2 aliphatic rings. The first-order chi connectivity index (χ1) is 17.9. The number of carbonyl (C=O) groups excluding carboxylic acids is 3. The van der Waals surface area contributed by atoms with Gasteiger partial charge in [-0.25, -0.2) is 4.79 Å². The van der Waals surface area contributed by atoms with Crippen LogP contribution in [0, 0.1) is 11.8 Å². The Morgan fingerprint density at radius 2 is 1.43 bits per heavy atom. The highest BCUT2D eigenvalue weighted by Gasteiger charge is 2.40. The van der Waals surface area contributed by atoms with Crippen LogP contribution in [0.3, 0.4) is 0 Å². The molecule has 37 heavy (non-hydrogen) atoms. The van der Waals surface area contributed by atoms with Crippen LogP contribution in [0.15, 0.2) is 60.7 Å². The van der Waals surface area contributed by atoms with Crippen molar-refractivity contribution in [1.82, 2.24) is 10.2 Å². The van der Waals surface area contributed by atoms with Gasteiger partial charge in [0.2, 0.25) is 11.8 Å². The van der Waals surface area contributed by atoms with Crippen molar-refractivity contribution in [3.8, 4) is 0 Å². The van der Waals surface area contributed by atoms with Crippen LogP contribution in [0.1, 0.15) is 62.7 Å². The van der Waals surface area contributed by atoms with Crippen molar-refractivity contribution >= 4 is 23.8 Å². The molecular formula is C29H34N2O6. The zero-order valence-corrected chi connectivity index (χ0v) is 21.0. The van der Waals surface area contributed by atoms with Gasteiger partial charge in [0.05, 0.1) is 11.8 Å². The van der Waals surface area contributed by atoms with Gasteiger partial charge in [-0.3, -0.25) is 14.4 Å². The Balaban J connectivity index is 1.46. The fourth-order valence-corrected chi connectivity index (χ4v) is 5.43. The zero-order chi connectivity index (χ0) is 26.4. The van der Waals surface area contributed by atoms with Crippen molar-refractivity contribution in [3.63, 3.8) is 0 Å². The Morgan fingerprint density at radius 1 is 0.865 bits per heavy atom. The number of hydrogen-bond acceptors (Lipinski definition) is 5. The molecule has 0 spiro atoms. The van der Waals surface area contributed by atoms with Gasteiger partial charge >= 0.3 is 11.9 Å². The van der Waals surface area contributed by atoms with Crippen LogP contribution in [0.4, 0.5) is 0 Å². The van der Waals surface area contributed by atoms with E-state index in [0.29, 0.717) is 32.2 Å². The van der Waals surface area contributed by atoms with E-state index in [2.05, 4.69) is 5.32 Å². The van der Waals surface area contributed by atoms with E-state index >= 15 is 0 Å². The Labute approximate surface area is 217 Å². The largest absolute Gasteiger partial charge is 0.480 e. The summed E-state index contributed by atoms with van der Waals surface area (Å²) in [5, 5.41) is 12.2. The molecule has 1 saturated heterocycles. The smallest absolute Gasteiger partial charge is 0.326 e. The molecule has 2 unspecified atom stereocenters. The summed E-state index contributed by atoms with van der Waals surface area (Å²) in [5.74, 6) is -3.49. The fourth-order valence-electron chi connectivity index (χ4n) is 5.43. The molecular weight excluding hydrogens is 472 g/mol. The monoisotopic (exact) mass is 506 g/mol. The lowest BCUT2D eigenvalue weighted by atomic mass is 9.78. The molecule has 1 aliphatic carbocycles. The molecule has 4 atom stereocenters. The Hall–Kier alpha value is -3.68. The highest BCUT2D eigenvalue weighted by atomic mass is 16.5. The molecule has 196 valence electrons. The van der Waals surface area contributed by atoms with Gasteiger partial charge < -0.3 is 20.1 Å². The van der Waals surface area contributed by atoms with E-state index in [0.717, 1.165) is 24.0 Å². The highest BCUT2D eigenvalue weighted by Crippen LogP contribution is 2.34. The van der Waals surface area contributed by atoms with Crippen LogP contribution in [-0.4, -0.2) is 52.4 Å². The number of carboxylic acids is 1. The standard InChI is InChI=1S/C29H34N2O6/c1-19(27(33)31-18-10-17-24(31)28(34)35)30-26(32)22-15-8-9-16-23(22)29(36)37-25(20-11-4-2-5-12-20)21-13-6-3-7-14-21/h2-7,11-14,19,22-25H,8-10,15-18H2,1H3,(H,30,32)(H,34,35)/t19-,22?,23?,24-/m0/s1. The van der Waals surface area contributed by atoms with Crippen LogP contribution in [-0.2, 0) is 23.9 Å². The molecule has 2 aromatic carbocycles. The summed E-state index contributed by atoms with van der Waals surface area (Å²) in [4.78, 5) is 52.5. The number of ether oxygens (including phenoxy) is 1. The van der Waals surface area contributed by atoms with E-state index in [1.165, 1.54) is 4.90 Å². The van der Waals surface area contributed by atoms with Crippen molar-refractivity contribution in [1.29, 1.82) is 0 Å². The normalized spacial score (nSPS) is 22.3. The molecule has 2 fully saturated rings. The van der Waals surface area contributed by atoms with Gasteiger partial charge in [-0.05, 0) is 43.7 Å². The molecule has 8 nitrogen and oxygen atoms in total. The maximum absolute atomic E-state index is 13.5. The number of esters is 1. The second-order valence-corrected chi connectivity index (χ2v) is 9.89. The lowest BCUT2D eigenvalue weighted by Gasteiger charge is -2.32. The van der Waals surface area contributed by atoms with E-state index in [4.69, 9.17) is 4.74 Å². The topological polar surface area (TPSA) is 113 Å². The van der Waals surface area contributed by atoms with Gasteiger partial charge in [0.15, 0.2) is 6.10 Å².